The number of nitro groups is 1. The summed E-state index contributed by atoms with van der Waals surface area (Å²) in [5.74, 6) is -0.346. The van der Waals surface area contributed by atoms with Gasteiger partial charge in [0.25, 0.3) is 5.96 Å². The Kier molecular flexibility index (Phi) is 8.07. The standard InChI is InChI=1S/C15H10O5.C6H8ClN5O2S/c16-9-3-1-8(2-4-9)11-7-20-13-6-10(17)5-12(18)14(13)15(11)19;1-8-6(11-12(13)14)10-3-4-2-9-5(7)15-4/h1-7,16-18H;2H,3H2,1H3,(H2,8,10,11). The molecule has 14 heteroatoms. The summed E-state index contributed by atoms with van der Waals surface area (Å²) in [5.41, 5.74) is 0.522. The Hall–Kier alpha value is -4.36. The second kappa shape index (κ2) is 11.2. The number of rotatable bonds is 4. The van der Waals surface area contributed by atoms with Gasteiger partial charge in [-0.05, 0) is 17.7 Å². The Morgan fingerprint density at radius 1 is 1.23 bits per heavy atom. The summed E-state index contributed by atoms with van der Waals surface area (Å²) in [4.78, 5) is 27.2. The fourth-order valence-electron chi connectivity index (χ4n) is 2.85. The van der Waals surface area contributed by atoms with Crippen molar-refractivity contribution < 1.29 is 24.8 Å². The van der Waals surface area contributed by atoms with Crippen LogP contribution in [0.4, 0.5) is 0 Å². The maximum absolute atomic E-state index is 12.4. The molecule has 0 aliphatic heterocycles. The van der Waals surface area contributed by atoms with Crippen LogP contribution in [0.25, 0.3) is 22.1 Å². The highest BCUT2D eigenvalue weighted by molar-refractivity contribution is 7.15. The lowest BCUT2D eigenvalue weighted by molar-refractivity contribution is -0.485. The van der Waals surface area contributed by atoms with Crippen molar-refractivity contribution in [1.29, 1.82) is 0 Å². The predicted molar refractivity (Wildman–Crippen MR) is 130 cm³/mol. The fourth-order valence-corrected chi connectivity index (χ4v) is 3.77. The predicted octanol–water partition coefficient (Wildman–Crippen LogP) is 3.23. The molecule has 0 atom stereocenters. The van der Waals surface area contributed by atoms with Gasteiger partial charge in [-0.1, -0.05) is 23.7 Å². The molecular weight excluding hydrogens is 502 g/mol. The van der Waals surface area contributed by atoms with Crippen LogP contribution >= 0.6 is 22.9 Å². The molecule has 0 spiro atoms. The molecule has 182 valence electrons. The second-order valence-corrected chi connectivity index (χ2v) is 8.43. The molecule has 0 saturated carbocycles. The van der Waals surface area contributed by atoms with Crippen LogP contribution in [0.15, 0.2) is 63.2 Å². The summed E-state index contributed by atoms with van der Waals surface area (Å²) in [6.07, 6.45) is 2.86. The van der Waals surface area contributed by atoms with Gasteiger partial charge in [0.1, 0.15) is 39.6 Å². The smallest absolute Gasteiger partial charge is 0.268 e. The minimum atomic E-state index is -0.779. The molecule has 0 radical (unpaired) electrons. The van der Waals surface area contributed by atoms with Gasteiger partial charge in [0.15, 0.2) is 9.50 Å². The number of hydrogen-bond acceptors (Lipinski definition) is 9. The number of phenols is 3. The van der Waals surface area contributed by atoms with Crippen molar-refractivity contribution in [2.45, 2.75) is 6.54 Å². The molecule has 2 heterocycles. The zero-order valence-electron chi connectivity index (χ0n) is 17.9. The van der Waals surface area contributed by atoms with Crippen molar-refractivity contribution in [2.24, 2.45) is 5.10 Å². The Morgan fingerprint density at radius 3 is 2.54 bits per heavy atom. The van der Waals surface area contributed by atoms with E-state index in [0.717, 1.165) is 10.9 Å². The van der Waals surface area contributed by atoms with Crippen molar-refractivity contribution in [3.63, 3.8) is 0 Å². The molecule has 0 amide bonds. The maximum Gasteiger partial charge on any atom is 0.268 e. The van der Waals surface area contributed by atoms with Crippen LogP contribution in [0, 0.1) is 10.1 Å². The van der Waals surface area contributed by atoms with Crippen molar-refractivity contribution in [3.05, 3.63) is 78.5 Å². The van der Waals surface area contributed by atoms with Crippen molar-refractivity contribution in [3.8, 4) is 28.4 Å². The zero-order chi connectivity index (χ0) is 25.5. The topological polar surface area (TPSA) is 183 Å². The van der Waals surface area contributed by atoms with E-state index < -0.39 is 10.5 Å². The third-order valence-corrected chi connectivity index (χ3v) is 5.51. The van der Waals surface area contributed by atoms with Gasteiger partial charge in [-0.3, -0.25) is 4.79 Å². The third kappa shape index (κ3) is 6.59. The van der Waals surface area contributed by atoms with E-state index in [4.69, 9.17) is 16.0 Å². The first-order valence-corrected chi connectivity index (χ1v) is 10.9. The number of thiazole rings is 1. The molecule has 2 aromatic heterocycles. The molecule has 0 fully saturated rings. The normalized spacial score (nSPS) is 11.0. The van der Waals surface area contributed by atoms with Crippen LogP contribution in [0.3, 0.4) is 0 Å². The van der Waals surface area contributed by atoms with Crippen LogP contribution in [0.1, 0.15) is 4.88 Å². The molecule has 0 saturated heterocycles. The van der Waals surface area contributed by atoms with E-state index in [1.165, 1.54) is 42.8 Å². The third-order valence-electron chi connectivity index (χ3n) is 4.39. The first-order valence-electron chi connectivity index (χ1n) is 9.69. The molecule has 4 aromatic rings. The van der Waals surface area contributed by atoms with Crippen LogP contribution in [-0.2, 0) is 6.54 Å². The molecule has 12 nitrogen and oxygen atoms in total. The van der Waals surface area contributed by atoms with Gasteiger partial charge >= 0.3 is 0 Å². The number of guanidine groups is 1. The molecule has 0 unspecified atom stereocenters. The number of halogens is 1. The van der Waals surface area contributed by atoms with E-state index in [-0.39, 0.29) is 39.7 Å². The minimum absolute atomic E-state index is 0.00775. The quantitative estimate of drug-likeness (QED) is 0.116. The number of aromatic nitrogens is 1. The number of hydrogen-bond donors (Lipinski definition) is 5. The van der Waals surface area contributed by atoms with Gasteiger partial charge in [0.2, 0.25) is 5.43 Å². The number of fused-ring (bicyclic) bond motifs is 1. The highest BCUT2D eigenvalue weighted by atomic mass is 35.5. The van der Waals surface area contributed by atoms with Crippen LogP contribution < -0.4 is 16.1 Å². The highest BCUT2D eigenvalue weighted by Gasteiger charge is 2.13. The molecule has 35 heavy (non-hydrogen) atoms. The summed E-state index contributed by atoms with van der Waals surface area (Å²) < 4.78 is 5.72. The number of aromatic hydroxyl groups is 3. The lowest BCUT2D eigenvalue weighted by Gasteiger charge is -2.05. The van der Waals surface area contributed by atoms with Gasteiger partial charge in [0.05, 0.1) is 12.1 Å². The van der Waals surface area contributed by atoms with Crippen molar-refractivity contribution in [2.75, 3.05) is 7.05 Å². The average Bonchev–Trinajstić information content (AvgIpc) is 3.22. The van der Waals surface area contributed by atoms with Gasteiger partial charge in [-0.15, -0.1) is 11.3 Å². The number of nitrogens with zero attached hydrogens (tertiary/aromatic N) is 3. The molecule has 2 aromatic carbocycles. The van der Waals surface area contributed by atoms with Crippen LogP contribution in [0.2, 0.25) is 4.47 Å². The van der Waals surface area contributed by atoms with Crippen LogP contribution in [-0.4, -0.2) is 38.3 Å². The van der Waals surface area contributed by atoms with Gasteiger partial charge in [-0.25, -0.2) is 15.1 Å². The summed E-state index contributed by atoms with van der Waals surface area (Å²) in [6, 6.07) is 8.40. The lowest BCUT2D eigenvalue weighted by Crippen LogP contribution is -2.34. The van der Waals surface area contributed by atoms with E-state index in [9.17, 15) is 30.2 Å². The zero-order valence-corrected chi connectivity index (χ0v) is 19.5. The SMILES string of the molecule is CN/C(=N\[N+](=O)[O-])NCc1cnc(Cl)s1.O=c1c(-c2ccc(O)cc2)coc2cc(O)cc(O)c12. The number of hydrazone groups is 1. The van der Waals surface area contributed by atoms with E-state index >= 15 is 0 Å². The Morgan fingerprint density at radius 2 is 1.94 bits per heavy atom. The summed E-state index contributed by atoms with van der Waals surface area (Å²) in [6.45, 7) is 0.387. The van der Waals surface area contributed by atoms with E-state index in [1.807, 2.05) is 0 Å². The van der Waals surface area contributed by atoms with E-state index in [1.54, 1.807) is 18.3 Å². The highest BCUT2D eigenvalue weighted by Crippen LogP contribution is 2.29. The summed E-state index contributed by atoms with van der Waals surface area (Å²) in [5, 5.41) is 46.1. The lowest BCUT2D eigenvalue weighted by atomic mass is 10.0. The minimum Gasteiger partial charge on any atom is -0.508 e. The first-order chi connectivity index (χ1) is 16.7. The van der Waals surface area contributed by atoms with Crippen LogP contribution in [0.5, 0.6) is 17.2 Å². The molecule has 0 bridgehead atoms. The van der Waals surface area contributed by atoms with Crippen molar-refractivity contribution in [1.82, 2.24) is 15.6 Å². The molecule has 0 aliphatic rings. The maximum atomic E-state index is 12.4. The first kappa shape index (κ1) is 25.3. The number of phenolic OH excluding ortho intramolecular Hbond substituents is 3. The summed E-state index contributed by atoms with van der Waals surface area (Å²) in [7, 11) is 1.54. The Bertz CT molecular complexity index is 1440. The second-order valence-electron chi connectivity index (χ2n) is 6.73. The van der Waals surface area contributed by atoms with Crippen molar-refractivity contribution >= 4 is 39.9 Å². The largest absolute Gasteiger partial charge is 0.508 e. The fraction of sp³-hybridized carbons (Fsp3) is 0.0952. The Labute approximate surface area is 205 Å². The van der Waals surface area contributed by atoms with Gasteiger partial charge < -0.3 is 30.4 Å². The average molecular weight is 520 g/mol. The molecule has 4 rings (SSSR count). The summed E-state index contributed by atoms with van der Waals surface area (Å²) >= 11 is 6.92. The number of benzene rings is 2. The monoisotopic (exact) mass is 519 g/mol. The molecule has 5 N–H and O–H groups in total. The molecule has 0 aliphatic carbocycles. The van der Waals surface area contributed by atoms with E-state index in [2.05, 4.69) is 20.7 Å². The van der Waals surface area contributed by atoms with Gasteiger partial charge in [0, 0.05) is 30.3 Å². The number of nitrogens with one attached hydrogen (secondary N) is 2. The van der Waals surface area contributed by atoms with E-state index in [0.29, 0.717) is 16.6 Å². The molecular formula is C21H18ClN5O7S. The van der Waals surface area contributed by atoms with Gasteiger partial charge in [-0.2, -0.15) is 0 Å². The Balaban J connectivity index is 0.000000205.